The topological polar surface area (TPSA) is 131 Å². The van der Waals surface area contributed by atoms with E-state index in [1.54, 1.807) is 6.07 Å². The molecule has 2 aliphatic heterocycles. The van der Waals surface area contributed by atoms with Crippen LogP contribution in [0.15, 0.2) is 48.5 Å². The van der Waals surface area contributed by atoms with Crippen LogP contribution in [0.2, 0.25) is 0 Å². The average molecular weight is 514 g/mol. The Balaban J connectivity index is 0.000000568. The fourth-order valence-corrected chi connectivity index (χ4v) is 4.65. The van der Waals surface area contributed by atoms with Crippen LogP contribution in [-0.2, 0) is 20.9 Å². The number of aliphatic carboxylic acids is 2. The van der Waals surface area contributed by atoms with Crippen LogP contribution in [0.25, 0.3) is 0 Å². The fourth-order valence-electron chi connectivity index (χ4n) is 4.65. The van der Waals surface area contributed by atoms with Gasteiger partial charge in [0.1, 0.15) is 11.5 Å². The zero-order valence-corrected chi connectivity index (χ0v) is 21.1. The third kappa shape index (κ3) is 7.85. The number of phenols is 1. The molecule has 2 saturated heterocycles. The molecule has 2 aliphatic rings. The number of carbonyl (C=O) groups excluding carboxylic acids is 1. The van der Waals surface area contributed by atoms with Gasteiger partial charge in [-0.15, -0.1) is 0 Å². The molecule has 1 amide bonds. The number of ether oxygens (including phenoxy) is 1. The van der Waals surface area contributed by atoms with Gasteiger partial charge in [-0.1, -0.05) is 30.3 Å². The smallest absolute Gasteiger partial charge is 0.414 e. The number of aromatic hydroxyl groups is 1. The predicted octanol–water partition coefficient (Wildman–Crippen LogP) is 2.51. The summed E-state index contributed by atoms with van der Waals surface area (Å²) in [5.74, 6) is -1.96. The highest BCUT2D eigenvalue weighted by atomic mass is 16.5. The van der Waals surface area contributed by atoms with E-state index in [0.29, 0.717) is 18.3 Å². The number of para-hydroxylation sites is 3. The first-order valence-electron chi connectivity index (χ1n) is 12.5. The van der Waals surface area contributed by atoms with E-state index in [1.165, 1.54) is 0 Å². The highest BCUT2D eigenvalue weighted by molar-refractivity contribution is 6.27. The molecule has 0 unspecified atom stereocenters. The van der Waals surface area contributed by atoms with Crippen molar-refractivity contribution in [1.82, 2.24) is 9.80 Å². The van der Waals surface area contributed by atoms with Crippen molar-refractivity contribution in [2.75, 3.05) is 50.8 Å². The summed E-state index contributed by atoms with van der Waals surface area (Å²) in [4.78, 5) is 38.0. The Morgan fingerprint density at radius 2 is 1.46 bits per heavy atom. The summed E-state index contributed by atoms with van der Waals surface area (Å²) >= 11 is 0. The first-order valence-corrected chi connectivity index (χ1v) is 12.5. The minimum absolute atomic E-state index is 0.114. The molecule has 0 radical (unpaired) electrons. The summed E-state index contributed by atoms with van der Waals surface area (Å²) in [6.07, 6.45) is 1.78. The summed E-state index contributed by atoms with van der Waals surface area (Å²) in [7, 11) is 0. The number of anilines is 1. The Morgan fingerprint density at radius 3 is 2.05 bits per heavy atom. The molecule has 2 fully saturated rings. The molecule has 10 heteroatoms. The van der Waals surface area contributed by atoms with E-state index >= 15 is 0 Å². The van der Waals surface area contributed by atoms with Crippen molar-refractivity contribution in [3.63, 3.8) is 0 Å². The number of piperidine rings is 1. The predicted molar refractivity (Wildman–Crippen MR) is 138 cm³/mol. The van der Waals surface area contributed by atoms with Crippen LogP contribution in [0.3, 0.4) is 0 Å². The van der Waals surface area contributed by atoms with Crippen LogP contribution in [-0.4, -0.2) is 88.8 Å². The SMILES string of the molecule is CCOc1ccccc1N1CCN(C(=O)C2CCN(Cc3ccccc3O)CC2)CC1.O=C(O)C(=O)O. The van der Waals surface area contributed by atoms with Gasteiger partial charge in [-0.3, -0.25) is 9.69 Å². The van der Waals surface area contributed by atoms with Gasteiger partial charge in [0.15, 0.2) is 0 Å². The van der Waals surface area contributed by atoms with Crippen LogP contribution in [0.5, 0.6) is 11.5 Å². The molecule has 2 heterocycles. The number of rotatable bonds is 6. The number of carboxylic acids is 2. The number of phenolic OH excluding ortho intramolecular Hbond substituents is 1. The number of carbonyl (C=O) groups is 3. The fraction of sp³-hybridized carbons (Fsp3) is 0.444. The number of hydrogen-bond donors (Lipinski definition) is 3. The molecule has 2 aromatic rings. The van der Waals surface area contributed by atoms with Gasteiger partial charge in [0, 0.05) is 44.2 Å². The normalized spacial score (nSPS) is 16.5. The Kier molecular flexibility index (Phi) is 10.1. The van der Waals surface area contributed by atoms with Crippen LogP contribution in [0.1, 0.15) is 25.3 Å². The largest absolute Gasteiger partial charge is 0.508 e. The van der Waals surface area contributed by atoms with Gasteiger partial charge >= 0.3 is 11.9 Å². The Hall–Kier alpha value is -3.79. The highest BCUT2D eigenvalue weighted by Gasteiger charge is 2.31. The minimum Gasteiger partial charge on any atom is -0.508 e. The standard InChI is InChI=1S/C25H33N3O3.C2H2O4/c1-2-31-24-10-6-4-8-22(24)27-15-17-28(18-16-27)25(30)20-11-13-26(14-12-20)19-21-7-3-5-9-23(21)29;3-1(4)2(5)6/h3-10,20,29H,2,11-19H2,1H3;(H,3,4)(H,5,6). The average Bonchev–Trinajstić information content (AvgIpc) is 2.91. The lowest BCUT2D eigenvalue weighted by Crippen LogP contribution is -2.51. The van der Waals surface area contributed by atoms with Crippen molar-refractivity contribution in [1.29, 1.82) is 0 Å². The summed E-state index contributed by atoms with van der Waals surface area (Å²) in [5.41, 5.74) is 2.07. The first-order chi connectivity index (χ1) is 17.8. The van der Waals surface area contributed by atoms with Gasteiger partial charge in [0.25, 0.3) is 0 Å². The van der Waals surface area contributed by atoms with Crippen LogP contribution >= 0.6 is 0 Å². The number of amides is 1. The molecule has 0 saturated carbocycles. The van der Waals surface area contributed by atoms with Crippen molar-refractivity contribution >= 4 is 23.5 Å². The van der Waals surface area contributed by atoms with Gasteiger partial charge in [-0.05, 0) is 51.1 Å². The molecule has 4 rings (SSSR count). The number of nitrogens with zero attached hydrogens (tertiary/aromatic N) is 3. The Bertz CT molecular complexity index is 1050. The molecule has 3 N–H and O–H groups in total. The molecule has 200 valence electrons. The van der Waals surface area contributed by atoms with Crippen LogP contribution in [0.4, 0.5) is 5.69 Å². The number of carboxylic acid groups (broad SMARTS) is 2. The molecular formula is C27H35N3O7. The lowest BCUT2D eigenvalue weighted by Gasteiger charge is -2.39. The third-order valence-electron chi connectivity index (χ3n) is 6.60. The maximum absolute atomic E-state index is 13.1. The van der Waals surface area contributed by atoms with Crippen molar-refractivity contribution in [3.8, 4) is 11.5 Å². The van der Waals surface area contributed by atoms with E-state index in [2.05, 4.69) is 15.9 Å². The van der Waals surface area contributed by atoms with Crippen molar-refractivity contribution in [2.24, 2.45) is 5.92 Å². The molecule has 0 bridgehead atoms. The Morgan fingerprint density at radius 1 is 0.865 bits per heavy atom. The van der Waals surface area contributed by atoms with Crippen molar-refractivity contribution in [2.45, 2.75) is 26.3 Å². The van der Waals surface area contributed by atoms with Crippen LogP contribution < -0.4 is 9.64 Å². The van der Waals surface area contributed by atoms with Crippen molar-refractivity contribution in [3.05, 3.63) is 54.1 Å². The maximum atomic E-state index is 13.1. The number of piperazine rings is 1. The van der Waals surface area contributed by atoms with Gasteiger partial charge in [-0.25, -0.2) is 9.59 Å². The zero-order chi connectivity index (χ0) is 26.8. The van der Waals surface area contributed by atoms with Crippen LogP contribution in [0, 0.1) is 5.92 Å². The van der Waals surface area contributed by atoms with Gasteiger partial charge < -0.3 is 29.9 Å². The molecule has 10 nitrogen and oxygen atoms in total. The van der Waals surface area contributed by atoms with Crippen molar-refractivity contribution < 1.29 is 34.4 Å². The van der Waals surface area contributed by atoms with Gasteiger partial charge in [0.05, 0.1) is 12.3 Å². The summed E-state index contributed by atoms with van der Waals surface area (Å²) in [6.45, 7) is 8.38. The maximum Gasteiger partial charge on any atom is 0.414 e. The van der Waals surface area contributed by atoms with E-state index < -0.39 is 11.9 Å². The van der Waals surface area contributed by atoms with E-state index in [9.17, 15) is 9.90 Å². The first kappa shape index (κ1) is 27.8. The van der Waals surface area contributed by atoms with E-state index in [-0.39, 0.29) is 5.92 Å². The molecule has 0 atom stereocenters. The lowest BCUT2D eigenvalue weighted by atomic mass is 9.94. The number of likely N-dealkylation sites (tertiary alicyclic amines) is 1. The summed E-state index contributed by atoms with van der Waals surface area (Å²) in [6, 6.07) is 15.7. The lowest BCUT2D eigenvalue weighted by molar-refractivity contribution is -0.159. The molecule has 37 heavy (non-hydrogen) atoms. The second kappa shape index (κ2) is 13.5. The van der Waals surface area contributed by atoms with E-state index in [4.69, 9.17) is 24.5 Å². The Labute approximate surface area is 216 Å². The third-order valence-corrected chi connectivity index (χ3v) is 6.60. The molecule has 2 aromatic carbocycles. The quantitative estimate of drug-likeness (QED) is 0.499. The highest BCUT2D eigenvalue weighted by Crippen LogP contribution is 2.30. The van der Waals surface area contributed by atoms with Gasteiger partial charge in [0.2, 0.25) is 5.91 Å². The number of benzene rings is 2. The second-order valence-corrected chi connectivity index (χ2v) is 9.00. The summed E-state index contributed by atoms with van der Waals surface area (Å²) < 4.78 is 5.78. The molecular weight excluding hydrogens is 478 g/mol. The molecule has 0 aromatic heterocycles. The minimum atomic E-state index is -1.82. The monoisotopic (exact) mass is 513 g/mol. The molecule has 0 aliphatic carbocycles. The zero-order valence-electron chi connectivity index (χ0n) is 21.1. The van der Waals surface area contributed by atoms with E-state index in [0.717, 1.165) is 75.7 Å². The second-order valence-electron chi connectivity index (χ2n) is 9.00. The number of hydrogen-bond acceptors (Lipinski definition) is 7. The van der Waals surface area contributed by atoms with Gasteiger partial charge in [-0.2, -0.15) is 0 Å². The molecule has 0 spiro atoms. The van der Waals surface area contributed by atoms with E-state index in [1.807, 2.05) is 48.2 Å². The summed E-state index contributed by atoms with van der Waals surface area (Å²) in [5, 5.41) is 24.8.